The van der Waals surface area contributed by atoms with Crippen molar-refractivity contribution in [3.05, 3.63) is 59.1 Å². The Morgan fingerprint density at radius 1 is 1.05 bits per heavy atom. The number of benzene rings is 2. The molecule has 0 radical (unpaired) electrons. The molecule has 0 unspecified atom stereocenters. The van der Waals surface area contributed by atoms with Crippen LogP contribution in [0, 0.1) is 0 Å². The SMILES string of the molecule is CS(=O)(=O)c1ccc(OCCNCc2ccc(Cl)cc2)cc1. The van der Waals surface area contributed by atoms with Crippen molar-refractivity contribution in [2.75, 3.05) is 19.4 Å². The summed E-state index contributed by atoms with van der Waals surface area (Å²) in [5, 5.41) is 3.99. The summed E-state index contributed by atoms with van der Waals surface area (Å²) in [5.41, 5.74) is 1.15. The van der Waals surface area contributed by atoms with Crippen LogP contribution in [0.2, 0.25) is 5.02 Å². The lowest BCUT2D eigenvalue weighted by atomic mass is 10.2. The summed E-state index contributed by atoms with van der Waals surface area (Å²) in [7, 11) is -3.16. The molecule has 0 fully saturated rings. The highest BCUT2D eigenvalue weighted by Crippen LogP contribution is 2.15. The van der Waals surface area contributed by atoms with Crippen LogP contribution < -0.4 is 10.1 Å². The Kier molecular flexibility index (Phi) is 5.83. The second-order valence-electron chi connectivity index (χ2n) is 4.90. The van der Waals surface area contributed by atoms with Crippen molar-refractivity contribution in [1.82, 2.24) is 5.32 Å². The van der Waals surface area contributed by atoms with Crippen LogP contribution in [0.25, 0.3) is 0 Å². The molecule has 0 atom stereocenters. The number of ether oxygens (including phenoxy) is 1. The molecule has 2 aromatic carbocycles. The number of nitrogens with one attached hydrogen (secondary N) is 1. The summed E-state index contributed by atoms with van der Waals surface area (Å²) in [6.07, 6.45) is 1.18. The smallest absolute Gasteiger partial charge is 0.175 e. The lowest BCUT2D eigenvalue weighted by molar-refractivity contribution is 0.313. The van der Waals surface area contributed by atoms with Crippen LogP contribution in [-0.2, 0) is 16.4 Å². The molecule has 0 amide bonds. The van der Waals surface area contributed by atoms with Gasteiger partial charge in [-0.05, 0) is 42.0 Å². The minimum absolute atomic E-state index is 0.292. The number of hydrogen-bond donors (Lipinski definition) is 1. The summed E-state index contributed by atoms with van der Waals surface area (Å²) < 4.78 is 28.2. The third-order valence-corrected chi connectivity index (χ3v) is 4.42. The molecule has 0 aliphatic heterocycles. The molecule has 0 aromatic heterocycles. The van der Waals surface area contributed by atoms with Crippen LogP contribution in [0.5, 0.6) is 5.75 Å². The van der Waals surface area contributed by atoms with E-state index in [4.69, 9.17) is 16.3 Å². The maximum atomic E-state index is 11.3. The van der Waals surface area contributed by atoms with Crippen molar-refractivity contribution < 1.29 is 13.2 Å². The third kappa shape index (κ3) is 5.33. The van der Waals surface area contributed by atoms with Gasteiger partial charge in [-0.1, -0.05) is 23.7 Å². The lowest BCUT2D eigenvalue weighted by Gasteiger charge is -2.08. The van der Waals surface area contributed by atoms with Gasteiger partial charge >= 0.3 is 0 Å². The molecule has 6 heteroatoms. The van der Waals surface area contributed by atoms with E-state index < -0.39 is 9.84 Å². The highest BCUT2D eigenvalue weighted by Gasteiger charge is 2.06. The molecule has 0 spiro atoms. The highest BCUT2D eigenvalue weighted by atomic mass is 35.5. The Morgan fingerprint density at radius 3 is 2.27 bits per heavy atom. The first-order valence-corrected chi connectivity index (χ1v) is 9.10. The van der Waals surface area contributed by atoms with Crippen LogP contribution >= 0.6 is 11.6 Å². The average molecular weight is 340 g/mol. The second-order valence-corrected chi connectivity index (χ2v) is 7.35. The zero-order chi connectivity index (χ0) is 16.0. The topological polar surface area (TPSA) is 55.4 Å². The van der Waals surface area contributed by atoms with Crippen LogP contribution in [-0.4, -0.2) is 27.8 Å². The van der Waals surface area contributed by atoms with Crippen molar-refractivity contribution >= 4 is 21.4 Å². The van der Waals surface area contributed by atoms with Crippen LogP contribution in [0.15, 0.2) is 53.4 Å². The molecule has 22 heavy (non-hydrogen) atoms. The summed E-state index contributed by atoms with van der Waals surface area (Å²) in [5.74, 6) is 0.653. The Labute approximate surface area is 136 Å². The first-order valence-electron chi connectivity index (χ1n) is 6.83. The predicted molar refractivity (Wildman–Crippen MR) is 88.2 cm³/mol. The molecule has 2 aromatic rings. The van der Waals surface area contributed by atoms with Gasteiger partial charge in [0.1, 0.15) is 12.4 Å². The van der Waals surface area contributed by atoms with E-state index in [1.54, 1.807) is 24.3 Å². The zero-order valence-corrected chi connectivity index (χ0v) is 13.8. The van der Waals surface area contributed by atoms with Gasteiger partial charge in [0.05, 0.1) is 4.90 Å². The molecule has 0 saturated carbocycles. The van der Waals surface area contributed by atoms with Gasteiger partial charge in [-0.3, -0.25) is 0 Å². The van der Waals surface area contributed by atoms with E-state index in [9.17, 15) is 8.42 Å². The van der Waals surface area contributed by atoms with Crippen LogP contribution in [0.3, 0.4) is 0 Å². The van der Waals surface area contributed by atoms with Gasteiger partial charge in [0.2, 0.25) is 0 Å². The summed E-state index contributed by atoms with van der Waals surface area (Å²) >= 11 is 5.82. The number of halogens is 1. The van der Waals surface area contributed by atoms with E-state index in [1.165, 1.54) is 6.26 Å². The summed E-state index contributed by atoms with van der Waals surface area (Å²) in [6, 6.07) is 14.1. The van der Waals surface area contributed by atoms with E-state index in [0.29, 0.717) is 23.8 Å². The maximum Gasteiger partial charge on any atom is 0.175 e. The first-order chi connectivity index (χ1) is 10.4. The Bertz CT molecular complexity index is 697. The molecule has 118 valence electrons. The van der Waals surface area contributed by atoms with Gasteiger partial charge in [-0.25, -0.2) is 8.42 Å². The first kappa shape index (κ1) is 16.8. The maximum absolute atomic E-state index is 11.3. The van der Waals surface area contributed by atoms with Gasteiger partial charge in [-0.15, -0.1) is 0 Å². The monoisotopic (exact) mass is 339 g/mol. The van der Waals surface area contributed by atoms with Crippen LogP contribution in [0.4, 0.5) is 0 Å². The molecule has 0 heterocycles. The highest BCUT2D eigenvalue weighted by molar-refractivity contribution is 7.90. The average Bonchev–Trinajstić information content (AvgIpc) is 2.48. The lowest BCUT2D eigenvalue weighted by Crippen LogP contribution is -2.20. The Morgan fingerprint density at radius 2 is 1.68 bits per heavy atom. The van der Waals surface area contributed by atoms with Gasteiger partial charge < -0.3 is 10.1 Å². The van der Waals surface area contributed by atoms with E-state index in [0.717, 1.165) is 17.1 Å². The number of hydrogen-bond acceptors (Lipinski definition) is 4. The zero-order valence-electron chi connectivity index (χ0n) is 12.3. The molecule has 0 aliphatic carbocycles. The fraction of sp³-hybridized carbons (Fsp3) is 0.250. The molecular weight excluding hydrogens is 322 g/mol. The van der Waals surface area contributed by atoms with Crippen molar-refractivity contribution in [2.24, 2.45) is 0 Å². The van der Waals surface area contributed by atoms with Crippen molar-refractivity contribution in [2.45, 2.75) is 11.4 Å². The summed E-state index contributed by atoms with van der Waals surface area (Å²) in [4.78, 5) is 0.292. The molecule has 0 saturated heterocycles. The van der Waals surface area contributed by atoms with E-state index in [2.05, 4.69) is 5.32 Å². The molecule has 4 nitrogen and oxygen atoms in total. The Balaban J connectivity index is 1.71. The molecular formula is C16H18ClNO3S. The van der Waals surface area contributed by atoms with Crippen molar-refractivity contribution in [3.8, 4) is 5.75 Å². The minimum Gasteiger partial charge on any atom is -0.492 e. The van der Waals surface area contributed by atoms with Gasteiger partial charge in [0.15, 0.2) is 9.84 Å². The van der Waals surface area contributed by atoms with Gasteiger partial charge in [0, 0.05) is 24.4 Å². The van der Waals surface area contributed by atoms with Crippen molar-refractivity contribution in [3.63, 3.8) is 0 Å². The predicted octanol–water partition coefficient (Wildman–Crippen LogP) is 2.91. The van der Waals surface area contributed by atoms with Crippen molar-refractivity contribution in [1.29, 1.82) is 0 Å². The minimum atomic E-state index is -3.16. The molecule has 0 bridgehead atoms. The van der Waals surface area contributed by atoms with E-state index in [-0.39, 0.29) is 0 Å². The van der Waals surface area contributed by atoms with E-state index >= 15 is 0 Å². The third-order valence-electron chi connectivity index (χ3n) is 3.04. The van der Waals surface area contributed by atoms with Gasteiger partial charge in [-0.2, -0.15) is 0 Å². The fourth-order valence-corrected chi connectivity index (χ4v) is 2.62. The number of sulfone groups is 1. The largest absolute Gasteiger partial charge is 0.492 e. The summed E-state index contributed by atoms with van der Waals surface area (Å²) in [6.45, 7) is 1.94. The van der Waals surface area contributed by atoms with Gasteiger partial charge in [0.25, 0.3) is 0 Å². The Hall–Kier alpha value is -1.56. The molecule has 0 aliphatic rings. The fourth-order valence-electron chi connectivity index (χ4n) is 1.86. The standard InChI is InChI=1S/C16H18ClNO3S/c1-22(19,20)16-8-6-15(7-9-16)21-11-10-18-12-13-2-4-14(17)5-3-13/h2-9,18H,10-12H2,1H3. The number of rotatable bonds is 7. The van der Waals surface area contributed by atoms with Crippen LogP contribution in [0.1, 0.15) is 5.56 Å². The molecule has 1 N–H and O–H groups in total. The van der Waals surface area contributed by atoms with E-state index in [1.807, 2.05) is 24.3 Å². The quantitative estimate of drug-likeness (QED) is 0.788. The second kappa shape index (κ2) is 7.63. The normalized spacial score (nSPS) is 11.4. The molecule has 2 rings (SSSR count).